The third kappa shape index (κ3) is 6.43. The molecule has 0 aromatic heterocycles. The Balaban J connectivity index is 2.72. The Kier molecular flexibility index (Phi) is 5.87. The normalized spacial score (nSPS) is 12.0. The molecule has 0 saturated heterocycles. The van der Waals surface area contributed by atoms with Gasteiger partial charge in [0.15, 0.2) is 0 Å². The van der Waals surface area contributed by atoms with Crippen molar-refractivity contribution in [1.29, 1.82) is 0 Å². The fraction of sp³-hybridized carbons (Fsp3) is 1.00. The van der Waals surface area contributed by atoms with Gasteiger partial charge in [0.2, 0.25) is 0 Å². The molecule has 2 heteroatoms. The van der Waals surface area contributed by atoms with Crippen molar-refractivity contribution >= 4 is 17.4 Å². The Morgan fingerprint density at radius 1 is 1.38 bits per heavy atom. The minimum Gasteiger partial charge on any atom is -0.0745 e. The molecular formula is C6H18Si2. The van der Waals surface area contributed by atoms with Crippen LogP contribution in [-0.4, -0.2) is 17.4 Å². The monoisotopic (exact) mass is 146 g/mol. The Hall–Kier alpha value is 0.434. The standard InChI is InChI=1S/C6H18Si2/c1-4-5-6-7-8(2)3/h8H,4-7H2,1-3H3. The van der Waals surface area contributed by atoms with E-state index in [1.165, 1.54) is 12.8 Å². The first-order chi connectivity index (χ1) is 3.77. The van der Waals surface area contributed by atoms with Gasteiger partial charge in [-0.25, -0.2) is 0 Å². The molecule has 0 heterocycles. The van der Waals surface area contributed by atoms with E-state index in [0.717, 1.165) is 0 Å². The van der Waals surface area contributed by atoms with Crippen LogP contribution in [0.1, 0.15) is 19.8 Å². The summed E-state index contributed by atoms with van der Waals surface area (Å²) in [6.07, 6.45) is 2.92. The van der Waals surface area contributed by atoms with Gasteiger partial charge in [-0.15, -0.1) is 0 Å². The SMILES string of the molecule is CCCC[SiH2][SiH](C)C. The van der Waals surface area contributed by atoms with Gasteiger partial charge < -0.3 is 0 Å². The highest BCUT2D eigenvalue weighted by Crippen LogP contribution is 1.94. The first-order valence-electron chi connectivity index (χ1n) is 3.77. The molecule has 0 aliphatic carbocycles. The molecule has 0 aromatic rings. The zero-order valence-corrected chi connectivity index (χ0v) is 8.97. The van der Waals surface area contributed by atoms with Gasteiger partial charge in [-0.05, 0) is 0 Å². The van der Waals surface area contributed by atoms with E-state index in [1.807, 2.05) is 0 Å². The fourth-order valence-corrected chi connectivity index (χ4v) is 5.72. The van der Waals surface area contributed by atoms with Gasteiger partial charge in [-0.3, -0.25) is 0 Å². The van der Waals surface area contributed by atoms with Gasteiger partial charge in [0, 0.05) is 17.4 Å². The number of hydrogen-bond acceptors (Lipinski definition) is 0. The van der Waals surface area contributed by atoms with Crippen molar-refractivity contribution in [2.75, 3.05) is 0 Å². The van der Waals surface area contributed by atoms with E-state index in [4.69, 9.17) is 0 Å². The van der Waals surface area contributed by atoms with Crippen LogP contribution in [0.15, 0.2) is 0 Å². The molecule has 0 atom stereocenters. The molecular weight excluding hydrogens is 128 g/mol. The van der Waals surface area contributed by atoms with E-state index < -0.39 is 0 Å². The lowest BCUT2D eigenvalue weighted by Crippen LogP contribution is -2.11. The lowest BCUT2D eigenvalue weighted by atomic mass is 10.4. The molecule has 0 unspecified atom stereocenters. The molecule has 0 aliphatic heterocycles. The molecule has 50 valence electrons. The first-order valence-corrected chi connectivity index (χ1v) is 10.3. The molecule has 0 saturated carbocycles. The van der Waals surface area contributed by atoms with Gasteiger partial charge in [0.05, 0.1) is 0 Å². The van der Waals surface area contributed by atoms with E-state index in [2.05, 4.69) is 20.0 Å². The molecule has 0 fully saturated rings. The van der Waals surface area contributed by atoms with Crippen LogP contribution in [0.5, 0.6) is 0 Å². The smallest absolute Gasteiger partial charge is 0.0180 e. The minimum absolute atomic E-state index is 0.0632. The van der Waals surface area contributed by atoms with Crippen LogP contribution >= 0.6 is 0 Å². The van der Waals surface area contributed by atoms with Gasteiger partial charge in [-0.2, -0.15) is 0 Å². The number of hydrogen-bond donors (Lipinski definition) is 0. The zero-order valence-electron chi connectivity index (χ0n) is 6.41. The first kappa shape index (κ1) is 8.43. The lowest BCUT2D eigenvalue weighted by Gasteiger charge is -1.97. The summed E-state index contributed by atoms with van der Waals surface area (Å²) in [7, 11) is 0.411. The summed E-state index contributed by atoms with van der Waals surface area (Å²) in [5.41, 5.74) is 0. The fourth-order valence-electron chi connectivity index (χ4n) is 0.803. The van der Waals surface area contributed by atoms with E-state index in [9.17, 15) is 0 Å². The highest BCUT2D eigenvalue weighted by atomic mass is 29.2. The highest BCUT2D eigenvalue weighted by Gasteiger charge is 1.93. The van der Waals surface area contributed by atoms with E-state index in [-0.39, 0.29) is 8.31 Å². The second-order valence-electron chi connectivity index (χ2n) is 2.89. The zero-order chi connectivity index (χ0) is 6.41. The highest BCUT2D eigenvalue weighted by molar-refractivity contribution is 7.11. The van der Waals surface area contributed by atoms with Crippen LogP contribution in [-0.2, 0) is 0 Å². The summed E-state index contributed by atoms with van der Waals surface area (Å²) >= 11 is 0. The van der Waals surface area contributed by atoms with Crippen molar-refractivity contribution < 1.29 is 0 Å². The number of rotatable bonds is 4. The average Bonchev–Trinajstić information content (AvgIpc) is 1.66. The summed E-state index contributed by atoms with van der Waals surface area (Å²) in [6, 6.07) is 1.63. The summed E-state index contributed by atoms with van der Waals surface area (Å²) in [5.74, 6) is 0. The maximum atomic E-state index is 2.49. The second-order valence-corrected chi connectivity index (χ2v) is 13.6. The summed E-state index contributed by atoms with van der Waals surface area (Å²) < 4.78 is 0. The van der Waals surface area contributed by atoms with Crippen molar-refractivity contribution in [2.24, 2.45) is 0 Å². The van der Waals surface area contributed by atoms with Crippen LogP contribution in [0.3, 0.4) is 0 Å². The van der Waals surface area contributed by atoms with Gasteiger partial charge in [-0.1, -0.05) is 38.9 Å². The van der Waals surface area contributed by atoms with E-state index in [0.29, 0.717) is 9.04 Å². The predicted molar refractivity (Wildman–Crippen MR) is 47.1 cm³/mol. The van der Waals surface area contributed by atoms with Crippen LogP contribution in [0, 0.1) is 0 Å². The molecule has 0 rings (SSSR count). The molecule has 0 aromatic carbocycles. The molecule has 0 bridgehead atoms. The van der Waals surface area contributed by atoms with Crippen LogP contribution in [0.2, 0.25) is 19.1 Å². The van der Waals surface area contributed by atoms with Crippen molar-refractivity contribution in [3.05, 3.63) is 0 Å². The molecule has 0 aliphatic rings. The maximum Gasteiger partial charge on any atom is 0.0180 e. The molecule has 0 radical (unpaired) electrons. The Morgan fingerprint density at radius 2 is 2.00 bits per heavy atom. The second kappa shape index (κ2) is 5.57. The molecule has 0 spiro atoms. The maximum absolute atomic E-state index is 2.49. The van der Waals surface area contributed by atoms with Crippen molar-refractivity contribution in [2.45, 2.75) is 38.9 Å². The number of unbranched alkanes of at least 4 members (excludes halogenated alkanes) is 1. The summed E-state index contributed by atoms with van der Waals surface area (Å²) in [6.45, 7) is 7.26. The lowest BCUT2D eigenvalue weighted by molar-refractivity contribution is 0.882. The molecule has 0 nitrogen and oxygen atoms in total. The third-order valence-corrected chi connectivity index (χ3v) is 8.14. The topological polar surface area (TPSA) is 0 Å². The van der Waals surface area contributed by atoms with Gasteiger partial charge in [0.1, 0.15) is 0 Å². The summed E-state index contributed by atoms with van der Waals surface area (Å²) in [5, 5.41) is 0. The molecule has 8 heavy (non-hydrogen) atoms. The van der Waals surface area contributed by atoms with Crippen molar-refractivity contribution in [3.63, 3.8) is 0 Å². The van der Waals surface area contributed by atoms with Crippen molar-refractivity contribution in [1.82, 2.24) is 0 Å². The largest absolute Gasteiger partial charge is 0.0745 e. The van der Waals surface area contributed by atoms with E-state index in [1.54, 1.807) is 6.04 Å². The molecule has 0 amide bonds. The molecule has 0 N–H and O–H groups in total. The average molecular weight is 146 g/mol. The third-order valence-electron chi connectivity index (χ3n) is 1.39. The minimum atomic E-state index is -0.0632. The van der Waals surface area contributed by atoms with Crippen LogP contribution in [0.4, 0.5) is 0 Å². The van der Waals surface area contributed by atoms with Gasteiger partial charge in [0.25, 0.3) is 0 Å². The predicted octanol–water partition coefficient (Wildman–Crippen LogP) is 1.36. The summed E-state index contributed by atoms with van der Waals surface area (Å²) in [4.78, 5) is 0. The quantitative estimate of drug-likeness (QED) is 0.415. The van der Waals surface area contributed by atoms with E-state index >= 15 is 0 Å². The Morgan fingerprint density at radius 3 is 2.38 bits per heavy atom. The van der Waals surface area contributed by atoms with Crippen molar-refractivity contribution in [3.8, 4) is 0 Å². The Labute approximate surface area is 56.9 Å². The van der Waals surface area contributed by atoms with Crippen LogP contribution in [0.25, 0.3) is 0 Å². The Bertz CT molecular complexity index is 43.8. The van der Waals surface area contributed by atoms with Crippen LogP contribution < -0.4 is 0 Å². The van der Waals surface area contributed by atoms with Gasteiger partial charge >= 0.3 is 0 Å².